The van der Waals surface area contributed by atoms with Crippen LogP contribution >= 0.6 is 12.4 Å². The number of ether oxygens (including phenoxy) is 1. The Morgan fingerprint density at radius 1 is 1.00 bits per heavy atom. The molecule has 2 aromatic rings. The van der Waals surface area contributed by atoms with Crippen molar-refractivity contribution in [3.8, 4) is 11.5 Å². The molecule has 3 nitrogen and oxygen atoms in total. The second-order valence-electron chi connectivity index (χ2n) is 4.38. The Balaban J connectivity index is 0.00000220. The average Bonchev–Trinajstić information content (AvgIpc) is 2.48. The van der Waals surface area contributed by atoms with Crippen LogP contribution in [0.5, 0.6) is 11.5 Å². The van der Waals surface area contributed by atoms with Gasteiger partial charge in [-0.15, -0.1) is 12.4 Å². The highest BCUT2D eigenvalue weighted by molar-refractivity contribution is 5.85. The molecular weight excluding hydrogens is 300 g/mol. The van der Waals surface area contributed by atoms with E-state index in [9.17, 15) is 8.78 Å². The SMILES string of the molecule is Cl.N[C@H](c1ccc(Oc2ccccc2)cc1)C(F)(F)CO. The van der Waals surface area contributed by atoms with Crippen LogP contribution in [0.4, 0.5) is 8.78 Å². The average molecular weight is 316 g/mol. The molecule has 0 aliphatic heterocycles. The first-order valence-electron chi connectivity index (χ1n) is 6.10. The van der Waals surface area contributed by atoms with E-state index in [4.69, 9.17) is 15.6 Å². The van der Waals surface area contributed by atoms with Gasteiger partial charge in [-0.1, -0.05) is 30.3 Å². The first-order chi connectivity index (χ1) is 9.53. The van der Waals surface area contributed by atoms with Gasteiger partial charge < -0.3 is 15.6 Å². The maximum absolute atomic E-state index is 13.3. The molecule has 0 fully saturated rings. The Labute approximate surface area is 127 Å². The van der Waals surface area contributed by atoms with Crippen molar-refractivity contribution in [3.63, 3.8) is 0 Å². The van der Waals surface area contributed by atoms with E-state index >= 15 is 0 Å². The van der Waals surface area contributed by atoms with Crippen LogP contribution in [-0.2, 0) is 0 Å². The summed E-state index contributed by atoms with van der Waals surface area (Å²) in [5.41, 5.74) is 5.68. The second-order valence-corrected chi connectivity index (χ2v) is 4.38. The van der Waals surface area contributed by atoms with Gasteiger partial charge in [0.2, 0.25) is 0 Å². The van der Waals surface area contributed by atoms with Crippen LogP contribution < -0.4 is 10.5 Å². The van der Waals surface area contributed by atoms with Gasteiger partial charge in [0.25, 0.3) is 5.92 Å². The summed E-state index contributed by atoms with van der Waals surface area (Å²) in [5.74, 6) is -2.16. The van der Waals surface area contributed by atoms with Gasteiger partial charge >= 0.3 is 0 Å². The van der Waals surface area contributed by atoms with E-state index in [0.29, 0.717) is 11.5 Å². The summed E-state index contributed by atoms with van der Waals surface area (Å²) in [6, 6.07) is 13.6. The van der Waals surface area contributed by atoms with Crippen molar-refractivity contribution in [3.05, 3.63) is 60.2 Å². The molecule has 0 spiro atoms. The Morgan fingerprint density at radius 2 is 1.52 bits per heavy atom. The minimum Gasteiger partial charge on any atom is -0.457 e. The van der Waals surface area contributed by atoms with Gasteiger partial charge in [-0.3, -0.25) is 0 Å². The predicted molar refractivity (Wildman–Crippen MR) is 79.2 cm³/mol. The molecule has 0 unspecified atom stereocenters. The van der Waals surface area contributed by atoms with Crippen molar-refractivity contribution in [1.29, 1.82) is 0 Å². The fourth-order valence-corrected chi connectivity index (χ4v) is 1.71. The van der Waals surface area contributed by atoms with Crippen LogP contribution in [-0.4, -0.2) is 17.6 Å². The highest BCUT2D eigenvalue weighted by Crippen LogP contribution is 2.30. The predicted octanol–water partition coefficient (Wildman–Crippen LogP) is 3.53. The lowest BCUT2D eigenvalue weighted by molar-refractivity contribution is -0.0711. The van der Waals surface area contributed by atoms with Gasteiger partial charge in [0.15, 0.2) is 0 Å². The van der Waals surface area contributed by atoms with Crippen LogP contribution in [0, 0.1) is 0 Å². The molecule has 21 heavy (non-hydrogen) atoms. The standard InChI is InChI=1S/C15H15F2NO2.ClH/c16-15(17,10-19)14(18)11-6-8-13(9-7-11)20-12-4-2-1-3-5-12;/h1-9,14,19H,10,18H2;1H/t14-;/m1./s1. The van der Waals surface area contributed by atoms with E-state index in [-0.39, 0.29) is 18.0 Å². The molecule has 3 N–H and O–H groups in total. The van der Waals surface area contributed by atoms with Gasteiger partial charge in [-0.25, -0.2) is 8.78 Å². The van der Waals surface area contributed by atoms with Gasteiger partial charge in [-0.2, -0.15) is 0 Å². The Kier molecular flexibility index (Phi) is 6.08. The number of rotatable bonds is 5. The van der Waals surface area contributed by atoms with Crippen LogP contribution in [0.3, 0.4) is 0 Å². The summed E-state index contributed by atoms with van der Waals surface area (Å²) in [6.07, 6.45) is 0. The fraction of sp³-hybridized carbons (Fsp3) is 0.200. The summed E-state index contributed by atoms with van der Waals surface area (Å²) in [6.45, 7) is -1.28. The van der Waals surface area contributed by atoms with Gasteiger partial charge in [0.05, 0.1) is 6.04 Å². The molecule has 0 aliphatic rings. The van der Waals surface area contributed by atoms with Gasteiger partial charge in [-0.05, 0) is 29.8 Å². The first kappa shape index (κ1) is 17.4. The molecule has 0 saturated carbocycles. The number of hydrogen-bond donors (Lipinski definition) is 2. The lowest BCUT2D eigenvalue weighted by Crippen LogP contribution is -2.36. The lowest BCUT2D eigenvalue weighted by atomic mass is 10.0. The number of para-hydroxylation sites is 1. The monoisotopic (exact) mass is 315 g/mol. The van der Waals surface area contributed by atoms with Crippen LogP contribution in [0.15, 0.2) is 54.6 Å². The smallest absolute Gasteiger partial charge is 0.289 e. The van der Waals surface area contributed by atoms with E-state index in [0.717, 1.165) is 0 Å². The number of halogens is 3. The molecule has 2 aromatic carbocycles. The Morgan fingerprint density at radius 3 is 2.05 bits per heavy atom. The zero-order chi connectivity index (χ0) is 14.6. The van der Waals surface area contributed by atoms with E-state index in [1.54, 1.807) is 24.3 Å². The van der Waals surface area contributed by atoms with Crippen molar-refractivity contribution < 1.29 is 18.6 Å². The van der Waals surface area contributed by atoms with Crippen molar-refractivity contribution >= 4 is 12.4 Å². The molecule has 114 valence electrons. The van der Waals surface area contributed by atoms with Crippen molar-refractivity contribution in [2.24, 2.45) is 5.73 Å². The van der Waals surface area contributed by atoms with Crippen LogP contribution in [0.2, 0.25) is 0 Å². The minimum absolute atomic E-state index is 0. The molecule has 0 amide bonds. The number of alkyl halides is 2. The zero-order valence-electron chi connectivity index (χ0n) is 11.1. The van der Waals surface area contributed by atoms with Crippen molar-refractivity contribution in [2.75, 3.05) is 6.61 Å². The van der Waals surface area contributed by atoms with E-state index in [1.807, 2.05) is 18.2 Å². The van der Waals surface area contributed by atoms with Crippen molar-refractivity contribution in [2.45, 2.75) is 12.0 Å². The molecule has 0 saturated heterocycles. The summed E-state index contributed by atoms with van der Waals surface area (Å²) in [7, 11) is 0. The number of aliphatic hydroxyl groups excluding tert-OH is 1. The Hall–Kier alpha value is -1.69. The topological polar surface area (TPSA) is 55.5 Å². The molecule has 0 heterocycles. The van der Waals surface area contributed by atoms with Gasteiger partial charge in [0, 0.05) is 0 Å². The van der Waals surface area contributed by atoms with Crippen LogP contribution in [0.1, 0.15) is 11.6 Å². The lowest BCUT2D eigenvalue weighted by Gasteiger charge is -2.21. The second kappa shape index (κ2) is 7.36. The molecule has 6 heteroatoms. The number of aliphatic hydroxyl groups is 1. The fourth-order valence-electron chi connectivity index (χ4n) is 1.71. The molecule has 0 aliphatic carbocycles. The summed E-state index contributed by atoms with van der Waals surface area (Å²) < 4.78 is 32.1. The third kappa shape index (κ3) is 4.39. The zero-order valence-corrected chi connectivity index (χ0v) is 11.9. The number of benzene rings is 2. The van der Waals surface area contributed by atoms with E-state index < -0.39 is 18.6 Å². The third-order valence-corrected chi connectivity index (χ3v) is 2.88. The maximum atomic E-state index is 13.3. The molecule has 2 rings (SSSR count). The molecule has 0 aromatic heterocycles. The first-order valence-corrected chi connectivity index (χ1v) is 6.10. The maximum Gasteiger partial charge on any atom is 0.289 e. The summed E-state index contributed by atoms with van der Waals surface area (Å²) in [4.78, 5) is 0. The van der Waals surface area contributed by atoms with E-state index in [1.165, 1.54) is 12.1 Å². The largest absolute Gasteiger partial charge is 0.457 e. The number of nitrogens with two attached hydrogens (primary N) is 1. The minimum atomic E-state index is -3.35. The molecular formula is C15H16ClF2NO2. The van der Waals surface area contributed by atoms with E-state index in [2.05, 4.69) is 0 Å². The third-order valence-electron chi connectivity index (χ3n) is 2.88. The molecule has 0 bridgehead atoms. The molecule has 1 atom stereocenters. The highest BCUT2D eigenvalue weighted by Gasteiger charge is 2.37. The number of hydrogen-bond acceptors (Lipinski definition) is 3. The van der Waals surface area contributed by atoms with Crippen LogP contribution in [0.25, 0.3) is 0 Å². The van der Waals surface area contributed by atoms with Crippen molar-refractivity contribution in [1.82, 2.24) is 0 Å². The normalized spacial score (nSPS) is 12.4. The van der Waals surface area contributed by atoms with Gasteiger partial charge in [0.1, 0.15) is 18.1 Å². The highest BCUT2D eigenvalue weighted by atomic mass is 35.5. The quantitative estimate of drug-likeness (QED) is 0.887. The summed E-state index contributed by atoms with van der Waals surface area (Å²) >= 11 is 0. The molecule has 0 radical (unpaired) electrons. The summed E-state index contributed by atoms with van der Waals surface area (Å²) in [5, 5.41) is 8.62. The Bertz CT molecular complexity index is 549.